The summed E-state index contributed by atoms with van der Waals surface area (Å²) in [6, 6.07) is 0. The van der Waals surface area contributed by atoms with E-state index in [2.05, 4.69) is 20.4 Å². The van der Waals surface area contributed by atoms with Gasteiger partial charge in [-0.3, -0.25) is 0 Å². The Morgan fingerprint density at radius 1 is 1.40 bits per heavy atom. The van der Waals surface area contributed by atoms with Crippen LogP contribution in [-0.4, -0.2) is 34.2 Å². The Bertz CT molecular complexity index is 593. The summed E-state index contributed by atoms with van der Waals surface area (Å²) in [6.07, 6.45) is 0.605. The number of hydrogen-bond donors (Lipinski definition) is 1. The lowest BCUT2D eigenvalue weighted by Crippen LogP contribution is -2.08. The molecule has 20 heavy (non-hydrogen) atoms. The molecule has 7 nitrogen and oxygen atoms in total. The molecule has 2 aromatic heterocycles. The highest BCUT2D eigenvalue weighted by atomic mass is 32.1. The zero-order valence-electron chi connectivity index (χ0n) is 11.6. The largest absolute Gasteiger partial charge is 0.461 e. The first-order chi connectivity index (χ1) is 9.60. The third kappa shape index (κ3) is 3.53. The van der Waals surface area contributed by atoms with Gasteiger partial charge in [0.25, 0.3) is 0 Å². The number of aromatic nitrogens is 3. The van der Waals surface area contributed by atoms with Crippen LogP contribution < -0.4 is 5.32 Å². The summed E-state index contributed by atoms with van der Waals surface area (Å²) < 4.78 is 9.95. The van der Waals surface area contributed by atoms with E-state index in [9.17, 15) is 4.79 Å². The van der Waals surface area contributed by atoms with E-state index in [-0.39, 0.29) is 5.97 Å². The van der Waals surface area contributed by atoms with Gasteiger partial charge in [0.15, 0.2) is 16.6 Å². The van der Waals surface area contributed by atoms with Gasteiger partial charge in [-0.2, -0.15) is 4.98 Å². The van der Waals surface area contributed by atoms with E-state index in [1.165, 1.54) is 11.3 Å². The van der Waals surface area contributed by atoms with Gasteiger partial charge in [0.2, 0.25) is 5.89 Å². The molecule has 0 aliphatic rings. The van der Waals surface area contributed by atoms with Crippen molar-refractivity contribution in [3.05, 3.63) is 22.3 Å². The number of anilines is 1. The normalized spacial score (nSPS) is 10.6. The second kappa shape index (κ2) is 6.47. The molecule has 0 saturated heterocycles. The van der Waals surface area contributed by atoms with Crippen LogP contribution in [0.5, 0.6) is 0 Å². The highest BCUT2D eigenvalue weighted by Gasteiger charge is 2.16. The van der Waals surface area contributed by atoms with Crippen molar-refractivity contribution in [3.63, 3.8) is 0 Å². The fourth-order valence-electron chi connectivity index (χ4n) is 1.58. The lowest BCUT2D eigenvalue weighted by Gasteiger charge is -1.99. The van der Waals surface area contributed by atoms with Gasteiger partial charge in [-0.05, 0) is 20.8 Å². The second-order valence-corrected chi connectivity index (χ2v) is 5.26. The molecule has 0 amide bonds. The van der Waals surface area contributed by atoms with Crippen LogP contribution in [0.3, 0.4) is 0 Å². The first-order valence-electron chi connectivity index (χ1n) is 6.27. The molecule has 0 atom stereocenters. The fourth-order valence-corrected chi connectivity index (χ4v) is 2.41. The molecular weight excluding hydrogens is 280 g/mol. The molecule has 0 radical (unpaired) electrons. The number of rotatable bonds is 6. The zero-order valence-corrected chi connectivity index (χ0v) is 12.4. The molecule has 0 unspecified atom stereocenters. The average Bonchev–Trinajstić information content (AvgIpc) is 2.96. The Morgan fingerprint density at radius 3 is 2.85 bits per heavy atom. The lowest BCUT2D eigenvalue weighted by molar-refractivity contribution is 0.0519. The predicted octanol–water partition coefficient (Wildman–Crippen LogP) is 1.97. The minimum Gasteiger partial charge on any atom is -0.461 e. The number of carbonyl (C=O) groups is 1. The Balaban J connectivity index is 1.90. The van der Waals surface area contributed by atoms with Gasteiger partial charge in [0.1, 0.15) is 0 Å². The summed E-state index contributed by atoms with van der Waals surface area (Å²) in [4.78, 5) is 20.8. The van der Waals surface area contributed by atoms with Crippen molar-refractivity contribution in [3.8, 4) is 0 Å². The van der Waals surface area contributed by atoms with E-state index in [4.69, 9.17) is 9.26 Å². The Kier molecular flexibility index (Phi) is 4.67. The summed E-state index contributed by atoms with van der Waals surface area (Å²) in [6.45, 7) is 6.34. The predicted molar refractivity (Wildman–Crippen MR) is 74.0 cm³/mol. The summed E-state index contributed by atoms with van der Waals surface area (Å²) in [5.41, 5.74) is 0.369. The van der Waals surface area contributed by atoms with Gasteiger partial charge in [0, 0.05) is 17.8 Å². The maximum atomic E-state index is 11.6. The molecule has 0 saturated carbocycles. The molecule has 8 heteroatoms. The van der Waals surface area contributed by atoms with Crippen LogP contribution in [0.2, 0.25) is 0 Å². The number of esters is 1. The van der Waals surface area contributed by atoms with E-state index in [1.54, 1.807) is 13.8 Å². The van der Waals surface area contributed by atoms with E-state index in [1.807, 2.05) is 6.92 Å². The average molecular weight is 296 g/mol. The topological polar surface area (TPSA) is 90.1 Å². The van der Waals surface area contributed by atoms with Gasteiger partial charge in [-0.25, -0.2) is 9.78 Å². The molecule has 0 aromatic carbocycles. The lowest BCUT2D eigenvalue weighted by atomic mass is 10.4. The number of nitrogens with zero attached hydrogens (tertiary/aromatic N) is 3. The van der Waals surface area contributed by atoms with Crippen LogP contribution in [0.15, 0.2) is 4.52 Å². The molecule has 1 N–H and O–H groups in total. The number of thiazole rings is 1. The van der Waals surface area contributed by atoms with Crippen molar-refractivity contribution in [2.75, 3.05) is 18.5 Å². The molecule has 2 rings (SSSR count). The molecule has 108 valence electrons. The van der Waals surface area contributed by atoms with Crippen molar-refractivity contribution in [2.24, 2.45) is 0 Å². The van der Waals surface area contributed by atoms with Crippen LogP contribution >= 0.6 is 11.3 Å². The molecule has 2 aromatic rings. The fraction of sp³-hybridized carbons (Fsp3) is 0.500. The highest BCUT2D eigenvalue weighted by Crippen LogP contribution is 2.22. The number of aryl methyl sites for hydroxylation is 2. The summed E-state index contributed by atoms with van der Waals surface area (Å²) in [5, 5.41) is 7.53. The van der Waals surface area contributed by atoms with Gasteiger partial charge >= 0.3 is 5.97 Å². The first-order valence-corrected chi connectivity index (χ1v) is 7.09. The number of hydrogen-bond acceptors (Lipinski definition) is 8. The van der Waals surface area contributed by atoms with Gasteiger partial charge in [0.05, 0.1) is 6.61 Å². The molecule has 0 aliphatic carbocycles. The van der Waals surface area contributed by atoms with Crippen LogP contribution in [0.4, 0.5) is 5.13 Å². The number of carbonyl (C=O) groups excluding carboxylic acids is 1. The van der Waals surface area contributed by atoms with Crippen molar-refractivity contribution in [1.29, 1.82) is 0 Å². The quantitative estimate of drug-likeness (QED) is 0.815. The van der Waals surface area contributed by atoms with Crippen molar-refractivity contribution >= 4 is 22.4 Å². The maximum Gasteiger partial charge on any atom is 0.358 e. The Labute approximate surface area is 120 Å². The van der Waals surface area contributed by atoms with E-state index in [0.29, 0.717) is 42.1 Å². The molecule has 0 bridgehead atoms. The third-order valence-corrected chi connectivity index (χ3v) is 3.38. The Morgan fingerprint density at radius 2 is 2.20 bits per heavy atom. The SMILES string of the molecule is CCOC(=O)c1nc(NCCc2nc(C)no2)sc1C. The number of ether oxygens (including phenoxy) is 1. The van der Waals surface area contributed by atoms with Crippen LogP contribution in [0.1, 0.15) is 34.0 Å². The standard InChI is InChI=1S/C12H16N4O3S/c1-4-18-11(17)10-7(2)20-12(15-10)13-6-5-9-14-8(3)16-19-9/h4-6H2,1-3H3,(H,13,15). The van der Waals surface area contributed by atoms with Gasteiger partial charge in [-0.1, -0.05) is 5.16 Å². The van der Waals surface area contributed by atoms with Gasteiger partial charge < -0.3 is 14.6 Å². The van der Waals surface area contributed by atoms with Crippen molar-refractivity contribution < 1.29 is 14.1 Å². The van der Waals surface area contributed by atoms with Crippen molar-refractivity contribution in [2.45, 2.75) is 27.2 Å². The van der Waals surface area contributed by atoms with E-state index >= 15 is 0 Å². The van der Waals surface area contributed by atoms with Crippen LogP contribution in [0.25, 0.3) is 0 Å². The second-order valence-electron chi connectivity index (χ2n) is 4.06. The molecular formula is C12H16N4O3S. The molecule has 2 heterocycles. The van der Waals surface area contributed by atoms with Crippen LogP contribution in [-0.2, 0) is 11.2 Å². The molecule has 0 spiro atoms. The summed E-state index contributed by atoms with van der Waals surface area (Å²) >= 11 is 1.42. The Hall–Kier alpha value is -1.96. The molecule has 0 fully saturated rings. The van der Waals surface area contributed by atoms with Gasteiger partial charge in [-0.15, -0.1) is 11.3 Å². The minimum atomic E-state index is -0.387. The van der Waals surface area contributed by atoms with E-state index in [0.717, 1.165) is 4.88 Å². The highest BCUT2D eigenvalue weighted by molar-refractivity contribution is 7.15. The smallest absolute Gasteiger partial charge is 0.358 e. The third-order valence-electron chi connectivity index (χ3n) is 2.45. The number of nitrogens with one attached hydrogen (secondary N) is 1. The summed E-state index contributed by atoms with van der Waals surface area (Å²) in [5.74, 6) is 0.811. The van der Waals surface area contributed by atoms with Crippen LogP contribution in [0, 0.1) is 13.8 Å². The van der Waals surface area contributed by atoms with Crippen molar-refractivity contribution in [1.82, 2.24) is 15.1 Å². The summed E-state index contributed by atoms with van der Waals surface area (Å²) in [7, 11) is 0. The monoisotopic (exact) mass is 296 g/mol. The molecule has 0 aliphatic heterocycles. The first kappa shape index (κ1) is 14.4. The zero-order chi connectivity index (χ0) is 14.5. The minimum absolute atomic E-state index is 0.342. The van der Waals surface area contributed by atoms with E-state index < -0.39 is 0 Å². The maximum absolute atomic E-state index is 11.6.